The average Bonchev–Trinajstić information content (AvgIpc) is 2.54. The number of benzene rings is 2. The standard InChI is InChI=1S/C17H19NO4/c1-20-11-13-4-3-5-14(10-13)18-17(19)12-22-16-8-6-15(21-2)7-9-16/h3-10H,11-12H2,1-2H3,(H,18,19). The van der Waals surface area contributed by atoms with Crippen molar-refractivity contribution in [3.05, 3.63) is 54.1 Å². The molecule has 5 heteroatoms. The third-order valence-electron chi connectivity index (χ3n) is 2.95. The van der Waals surface area contributed by atoms with E-state index in [1.54, 1.807) is 38.5 Å². The molecule has 5 nitrogen and oxygen atoms in total. The maximum Gasteiger partial charge on any atom is 0.262 e. The third-order valence-corrected chi connectivity index (χ3v) is 2.95. The van der Waals surface area contributed by atoms with E-state index < -0.39 is 0 Å². The molecule has 0 bridgehead atoms. The number of ether oxygens (including phenoxy) is 3. The molecule has 116 valence electrons. The molecule has 2 aromatic carbocycles. The molecule has 1 N–H and O–H groups in total. The minimum Gasteiger partial charge on any atom is -0.497 e. The molecule has 0 saturated carbocycles. The summed E-state index contributed by atoms with van der Waals surface area (Å²) < 4.78 is 15.5. The van der Waals surface area contributed by atoms with E-state index in [0.717, 1.165) is 17.0 Å². The van der Waals surface area contributed by atoms with E-state index in [1.807, 2.05) is 24.3 Å². The molecular formula is C17H19NO4. The lowest BCUT2D eigenvalue weighted by Crippen LogP contribution is -2.20. The third kappa shape index (κ3) is 4.79. The molecule has 0 aliphatic carbocycles. The fourth-order valence-corrected chi connectivity index (χ4v) is 1.92. The zero-order valence-electron chi connectivity index (χ0n) is 12.7. The Balaban J connectivity index is 1.85. The average molecular weight is 301 g/mol. The Morgan fingerprint density at radius 3 is 2.45 bits per heavy atom. The molecule has 22 heavy (non-hydrogen) atoms. The summed E-state index contributed by atoms with van der Waals surface area (Å²) in [5.41, 5.74) is 1.72. The quantitative estimate of drug-likeness (QED) is 0.854. The van der Waals surface area contributed by atoms with E-state index in [4.69, 9.17) is 14.2 Å². The minimum absolute atomic E-state index is 0.0547. The Labute approximate surface area is 129 Å². The zero-order valence-corrected chi connectivity index (χ0v) is 12.7. The molecule has 0 aliphatic heterocycles. The first-order valence-corrected chi connectivity index (χ1v) is 6.86. The van der Waals surface area contributed by atoms with Crippen molar-refractivity contribution in [3.63, 3.8) is 0 Å². The number of amides is 1. The molecule has 0 radical (unpaired) electrons. The number of methoxy groups -OCH3 is 2. The van der Waals surface area contributed by atoms with Crippen molar-refractivity contribution >= 4 is 11.6 Å². The maximum absolute atomic E-state index is 11.9. The Bertz CT molecular complexity index is 610. The Morgan fingerprint density at radius 2 is 1.77 bits per heavy atom. The summed E-state index contributed by atoms with van der Waals surface area (Å²) in [6.07, 6.45) is 0. The lowest BCUT2D eigenvalue weighted by molar-refractivity contribution is -0.118. The Kier molecular flexibility index (Phi) is 5.80. The van der Waals surface area contributed by atoms with Crippen LogP contribution in [-0.2, 0) is 16.1 Å². The van der Waals surface area contributed by atoms with Gasteiger partial charge in [0.2, 0.25) is 0 Å². The summed E-state index contributed by atoms with van der Waals surface area (Å²) in [6.45, 7) is 0.451. The highest BCUT2D eigenvalue weighted by Crippen LogP contribution is 2.17. The highest BCUT2D eigenvalue weighted by Gasteiger charge is 2.04. The fourth-order valence-electron chi connectivity index (χ4n) is 1.92. The lowest BCUT2D eigenvalue weighted by Gasteiger charge is -2.09. The number of rotatable bonds is 7. The van der Waals surface area contributed by atoms with Gasteiger partial charge in [0.1, 0.15) is 11.5 Å². The SMILES string of the molecule is COCc1cccc(NC(=O)COc2ccc(OC)cc2)c1. The van der Waals surface area contributed by atoms with Crippen LogP contribution in [-0.4, -0.2) is 26.7 Å². The summed E-state index contributed by atoms with van der Waals surface area (Å²) in [4.78, 5) is 11.9. The largest absolute Gasteiger partial charge is 0.497 e. The monoisotopic (exact) mass is 301 g/mol. The molecule has 0 fully saturated rings. The van der Waals surface area contributed by atoms with Crippen molar-refractivity contribution in [1.82, 2.24) is 0 Å². The van der Waals surface area contributed by atoms with Crippen LogP contribution in [0.5, 0.6) is 11.5 Å². The minimum atomic E-state index is -0.217. The van der Waals surface area contributed by atoms with Crippen molar-refractivity contribution in [2.75, 3.05) is 26.1 Å². The zero-order chi connectivity index (χ0) is 15.8. The van der Waals surface area contributed by atoms with Crippen molar-refractivity contribution in [2.45, 2.75) is 6.61 Å². The second-order valence-electron chi connectivity index (χ2n) is 4.65. The normalized spacial score (nSPS) is 10.1. The van der Waals surface area contributed by atoms with Crippen LogP contribution < -0.4 is 14.8 Å². The van der Waals surface area contributed by atoms with Crippen molar-refractivity contribution < 1.29 is 19.0 Å². The van der Waals surface area contributed by atoms with E-state index in [1.165, 1.54) is 0 Å². The van der Waals surface area contributed by atoms with Gasteiger partial charge in [-0.1, -0.05) is 12.1 Å². The summed E-state index contributed by atoms with van der Waals surface area (Å²) >= 11 is 0. The van der Waals surface area contributed by atoms with E-state index in [-0.39, 0.29) is 12.5 Å². The van der Waals surface area contributed by atoms with Gasteiger partial charge >= 0.3 is 0 Å². The summed E-state index contributed by atoms with van der Waals surface area (Å²) in [7, 11) is 3.23. The maximum atomic E-state index is 11.9. The molecule has 0 heterocycles. The molecular weight excluding hydrogens is 282 g/mol. The summed E-state index contributed by atoms with van der Waals surface area (Å²) in [5.74, 6) is 1.14. The molecule has 2 rings (SSSR count). The summed E-state index contributed by atoms with van der Waals surface area (Å²) in [6, 6.07) is 14.6. The highest BCUT2D eigenvalue weighted by atomic mass is 16.5. The van der Waals surface area contributed by atoms with Gasteiger partial charge in [-0.3, -0.25) is 4.79 Å². The molecule has 0 aliphatic rings. The van der Waals surface area contributed by atoms with Crippen LogP contribution in [0, 0.1) is 0 Å². The lowest BCUT2D eigenvalue weighted by atomic mass is 10.2. The van der Waals surface area contributed by atoms with Crippen LogP contribution in [0.1, 0.15) is 5.56 Å². The Morgan fingerprint density at radius 1 is 1.05 bits per heavy atom. The predicted molar refractivity (Wildman–Crippen MR) is 84.3 cm³/mol. The van der Waals surface area contributed by atoms with Crippen LogP contribution in [0.4, 0.5) is 5.69 Å². The van der Waals surface area contributed by atoms with E-state index in [2.05, 4.69) is 5.32 Å². The number of hydrogen-bond acceptors (Lipinski definition) is 4. The first kappa shape index (κ1) is 15.9. The number of nitrogens with one attached hydrogen (secondary N) is 1. The van der Waals surface area contributed by atoms with Crippen molar-refractivity contribution in [3.8, 4) is 11.5 Å². The number of anilines is 1. The van der Waals surface area contributed by atoms with Crippen molar-refractivity contribution in [1.29, 1.82) is 0 Å². The van der Waals surface area contributed by atoms with Gasteiger partial charge in [-0.2, -0.15) is 0 Å². The topological polar surface area (TPSA) is 56.8 Å². The second-order valence-corrected chi connectivity index (χ2v) is 4.65. The number of carbonyl (C=O) groups excluding carboxylic acids is 1. The smallest absolute Gasteiger partial charge is 0.262 e. The van der Waals surface area contributed by atoms with Gasteiger partial charge in [0.25, 0.3) is 5.91 Å². The van der Waals surface area contributed by atoms with Crippen LogP contribution in [0.2, 0.25) is 0 Å². The molecule has 0 atom stereocenters. The Hall–Kier alpha value is -2.53. The van der Waals surface area contributed by atoms with E-state index in [0.29, 0.717) is 12.4 Å². The van der Waals surface area contributed by atoms with Gasteiger partial charge in [-0.25, -0.2) is 0 Å². The fraction of sp³-hybridized carbons (Fsp3) is 0.235. The number of carbonyl (C=O) groups is 1. The summed E-state index contributed by atoms with van der Waals surface area (Å²) in [5, 5.41) is 2.79. The van der Waals surface area contributed by atoms with Crippen LogP contribution in [0.3, 0.4) is 0 Å². The van der Waals surface area contributed by atoms with Crippen LogP contribution in [0.15, 0.2) is 48.5 Å². The first-order valence-electron chi connectivity index (χ1n) is 6.86. The van der Waals surface area contributed by atoms with E-state index >= 15 is 0 Å². The molecule has 0 aromatic heterocycles. The van der Waals surface area contributed by atoms with Gasteiger partial charge in [-0.15, -0.1) is 0 Å². The molecule has 0 saturated heterocycles. The second kappa shape index (κ2) is 8.05. The van der Waals surface area contributed by atoms with Gasteiger partial charge < -0.3 is 19.5 Å². The van der Waals surface area contributed by atoms with E-state index in [9.17, 15) is 4.79 Å². The van der Waals surface area contributed by atoms with Crippen LogP contribution >= 0.6 is 0 Å². The molecule has 1 amide bonds. The van der Waals surface area contributed by atoms with Gasteiger partial charge in [0.15, 0.2) is 6.61 Å². The highest BCUT2D eigenvalue weighted by molar-refractivity contribution is 5.91. The molecule has 0 unspecified atom stereocenters. The van der Waals surface area contributed by atoms with Crippen molar-refractivity contribution in [2.24, 2.45) is 0 Å². The van der Waals surface area contributed by atoms with Gasteiger partial charge in [-0.05, 0) is 42.0 Å². The van der Waals surface area contributed by atoms with Crippen LogP contribution in [0.25, 0.3) is 0 Å². The molecule has 0 spiro atoms. The predicted octanol–water partition coefficient (Wildman–Crippen LogP) is 2.86. The molecule has 2 aromatic rings. The first-order chi connectivity index (χ1) is 10.7. The number of hydrogen-bond donors (Lipinski definition) is 1. The van der Waals surface area contributed by atoms with Gasteiger partial charge in [0, 0.05) is 12.8 Å². The van der Waals surface area contributed by atoms with Gasteiger partial charge in [0.05, 0.1) is 13.7 Å².